The second-order valence-electron chi connectivity index (χ2n) is 8.47. The van der Waals surface area contributed by atoms with Crippen LogP contribution < -0.4 is 10.1 Å². The molecule has 2 aliphatic heterocycles. The summed E-state index contributed by atoms with van der Waals surface area (Å²) in [6, 6.07) is 9.92. The van der Waals surface area contributed by atoms with Crippen molar-refractivity contribution in [3.8, 4) is 5.75 Å². The van der Waals surface area contributed by atoms with Gasteiger partial charge in [0.25, 0.3) is 0 Å². The highest BCUT2D eigenvalue weighted by atomic mass is 16.9. The summed E-state index contributed by atoms with van der Waals surface area (Å²) in [7, 11) is 1.67. The highest BCUT2D eigenvalue weighted by molar-refractivity contribution is 5.79. The fraction of sp³-hybridized carbons (Fsp3) is 0.500. The predicted molar refractivity (Wildman–Crippen MR) is 123 cm³/mol. The number of rotatable bonds is 8. The zero-order valence-electron chi connectivity index (χ0n) is 18.8. The third-order valence-corrected chi connectivity index (χ3v) is 6.18. The van der Waals surface area contributed by atoms with E-state index in [2.05, 4.69) is 19.8 Å². The lowest BCUT2D eigenvalue weighted by Gasteiger charge is -2.33. The second-order valence-corrected chi connectivity index (χ2v) is 8.47. The van der Waals surface area contributed by atoms with Gasteiger partial charge >= 0.3 is 0 Å². The Hall–Kier alpha value is -2.68. The molecule has 0 atom stereocenters. The summed E-state index contributed by atoms with van der Waals surface area (Å²) < 4.78 is 18.8. The molecule has 0 unspecified atom stereocenters. The average molecular weight is 438 g/mol. The number of ether oxygens (including phenoxy) is 3. The molecule has 0 radical (unpaired) electrons. The first kappa shape index (κ1) is 21.2. The second kappa shape index (κ2) is 9.44. The van der Waals surface area contributed by atoms with E-state index in [-0.39, 0.29) is 6.29 Å². The largest absolute Gasteiger partial charge is 0.497 e. The Kier molecular flexibility index (Phi) is 6.25. The summed E-state index contributed by atoms with van der Waals surface area (Å²) in [5.41, 5.74) is 3.64. The molecule has 0 spiro atoms. The maximum absolute atomic E-state index is 5.65. The number of hydrogen-bond acceptors (Lipinski definition) is 7. The van der Waals surface area contributed by atoms with Crippen molar-refractivity contribution in [3.63, 3.8) is 0 Å². The van der Waals surface area contributed by atoms with Gasteiger partial charge < -0.3 is 29.0 Å². The summed E-state index contributed by atoms with van der Waals surface area (Å²) in [4.78, 5) is 11.9. The minimum Gasteiger partial charge on any atom is -0.497 e. The maximum atomic E-state index is 5.65. The molecule has 0 aliphatic carbocycles. The molecule has 5 rings (SSSR count). The zero-order chi connectivity index (χ0) is 21.9. The number of hydrogen-bond donors (Lipinski definition) is 1. The van der Waals surface area contributed by atoms with Gasteiger partial charge in [-0.2, -0.15) is 0 Å². The Balaban J connectivity index is 1.39. The van der Waals surface area contributed by atoms with Crippen LogP contribution in [0.2, 0.25) is 0 Å². The molecule has 2 aliphatic rings. The van der Waals surface area contributed by atoms with Crippen molar-refractivity contribution in [1.29, 1.82) is 0 Å². The molecule has 0 saturated carbocycles. The van der Waals surface area contributed by atoms with Gasteiger partial charge in [-0.15, -0.1) is 0 Å². The van der Waals surface area contributed by atoms with Crippen molar-refractivity contribution in [2.75, 3.05) is 32.1 Å². The van der Waals surface area contributed by atoms with Crippen molar-refractivity contribution in [2.24, 2.45) is 0 Å². The van der Waals surface area contributed by atoms with Crippen molar-refractivity contribution in [1.82, 2.24) is 19.4 Å². The van der Waals surface area contributed by atoms with Gasteiger partial charge in [0, 0.05) is 12.2 Å². The van der Waals surface area contributed by atoms with Crippen LogP contribution >= 0.6 is 0 Å². The first-order valence-corrected chi connectivity index (χ1v) is 11.5. The fourth-order valence-electron chi connectivity index (χ4n) is 4.43. The molecule has 1 N–H and O–H groups in total. The van der Waals surface area contributed by atoms with Crippen molar-refractivity contribution < 1.29 is 14.2 Å². The number of aryl methyl sites for hydroxylation is 1. The molecule has 8 nitrogen and oxygen atoms in total. The van der Waals surface area contributed by atoms with Gasteiger partial charge in [-0.3, -0.25) is 4.98 Å². The van der Waals surface area contributed by atoms with Crippen molar-refractivity contribution in [3.05, 3.63) is 42.2 Å². The molecule has 3 aromatic rings. The van der Waals surface area contributed by atoms with E-state index in [1.165, 1.54) is 32.4 Å². The molecule has 170 valence electrons. The molecular formula is C24H31N5O3. The Bertz CT molecular complexity index is 1040. The summed E-state index contributed by atoms with van der Waals surface area (Å²) in [6.07, 6.45) is 6.27. The van der Waals surface area contributed by atoms with Gasteiger partial charge in [-0.05, 0) is 76.2 Å². The highest BCUT2D eigenvalue weighted by Gasteiger charge is 2.30. The maximum Gasteiger partial charge on any atom is 0.208 e. The molecule has 1 aromatic carbocycles. The van der Waals surface area contributed by atoms with E-state index < -0.39 is 6.29 Å². The van der Waals surface area contributed by atoms with E-state index in [4.69, 9.17) is 19.2 Å². The van der Waals surface area contributed by atoms with Crippen LogP contribution in [0.4, 0.5) is 11.6 Å². The Morgan fingerprint density at radius 2 is 1.88 bits per heavy atom. The Morgan fingerprint density at radius 3 is 2.59 bits per heavy atom. The lowest BCUT2D eigenvalue weighted by Crippen LogP contribution is -2.32. The Labute approximate surface area is 188 Å². The molecule has 0 bridgehead atoms. The molecule has 0 amide bonds. The van der Waals surface area contributed by atoms with Crippen molar-refractivity contribution in [2.45, 2.75) is 51.7 Å². The first-order chi connectivity index (χ1) is 15.7. The van der Waals surface area contributed by atoms with Crippen LogP contribution in [0.15, 0.2) is 36.5 Å². The van der Waals surface area contributed by atoms with E-state index in [0.29, 0.717) is 0 Å². The standard InChI is InChI=1S/C24H31N5O3/c1-17-31-23(32-17)20-15-22-21(16-25-20)27-24(26-18-7-9-19(30-2)10-8-18)29(22)14-6-13-28-11-4-3-5-12-28/h7-10,15-17,23H,3-6,11-14H2,1-2H3,(H,26,27). The third-order valence-electron chi connectivity index (χ3n) is 6.18. The number of fused-ring (bicyclic) bond motifs is 1. The predicted octanol–water partition coefficient (Wildman–Crippen LogP) is 4.45. The third kappa shape index (κ3) is 4.57. The normalized spacial score (nSPS) is 21.4. The number of nitrogens with one attached hydrogen (secondary N) is 1. The molecule has 2 saturated heterocycles. The van der Waals surface area contributed by atoms with Crippen molar-refractivity contribution >= 4 is 22.7 Å². The van der Waals surface area contributed by atoms with E-state index in [0.717, 1.165) is 53.6 Å². The fourth-order valence-corrected chi connectivity index (χ4v) is 4.43. The van der Waals surface area contributed by atoms with E-state index in [9.17, 15) is 0 Å². The average Bonchev–Trinajstić information content (AvgIpc) is 3.14. The summed E-state index contributed by atoms with van der Waals surface area (Å²) in [6.45, 7) is 6.29. The van der Waals surface area contributed by atoms with Gasteiger partial charge in [-0.25, -0.2) is 4.98 Å². The van der Waals surface area contributed by atoms with E-state index in [1.807, 2.05) is 37.3 Å². The van der Waals surface area contributed by atoms with E-state index in [1.54, 1.807) is 13.3 Å². The lowest BCUT2D eigenvalue weighted by molar-refractivity contribution is -0.383. The SMILES string of the molecule is COc1ccc(Nc2nc3cnc(C4OC(C)O4)cc3n2CCCN2CCCCC2)cc1. The molecule has 4 heterocycles. The van der Waals surface area contributed by atoms with Crippen LogP contribution in [-0.4, -0.2) is 52.5 Å². The minimum absolute atomic E-state index is 0.181. The summed E-state index contributed by atoms with van der Waals surface area (Å²) in [5.74, 6) is 1.64. The van der Waals surface area contributed by atoms with Gasteiger partial charge in [0.15, 0.2) is 6.29 Å². The minimum atomic E-state index is -0.399. The number of likely N-dealkylation sites (tertiary alicyclic amines) is 1. The number of benzene rings is 1. The topological polar surface area (TPSA) is 73.7 Å². The van der Waals surface area contributed by atoms with E-state index >= 15 is 0 Å². The number of methoxy groups -OCH3 is 1. The lowest BCUT2D eigenvalue weighted by atomic mass is 10.1. The number of anilines is 2. The molecular weight excluding hydrogens is 406 g/mol. The van der Waals surface area contributed by atoms with Crippen LogP contribution in [0.3, 0.4) is 0 Å². The van der Waals surface area contributed by atoms with Gasteiger partial charge in [0.05, 0.1) is 24.5 Å². The molecule has 2 aromatic heterocycles. The Morgan fingerprint density at radius 1 is 1.09 bits per heavy atom. The van der Waals surface area contributed by atoms with Crippen LogP contribution in [0.1, 0.15) is 44.6 Å². The first-order valence-electron chi connectivity index (χ1n) is 11.5. The van der Waals surface area contributed by atoms with Gasteiger partial charge in [-0.1, -0.05) is 6.42 Å². The monoisotopic (exact) mass is 437 g/mol. The quantitative estimate of drug-likeness (QED) is 0.558. The number of piperidine rings is 1. The molecule has 32 heavy (non-hydrogen) atoms. The van der Waals surface area contributed by atoms with Gasteiger partial charge in [0.1, 0.15) is 11.3 Å². The zero-order valence-corrected chi connectivity index (χ0v) is 18.8. The van der Waals surface area contributed by atoms with Crippen LogP contribution in [0.5, 0.6) is 5.75 Å². The number of nitrogens with zero attached hydrogens (tertiary/aromatic N) is 4. The number of pyridine rings is 1. The summed E-state index contributed by atoms with van der Waals surface area (Å²) in [5, 5.41) is 3.48. The van der Waals surface area contributed by atoms with Crippen LogP contribution in [0, 0.1) is 0 Å². The smallest absolute Gasteiger partial charge is 0.208 e. The molecule has 8 heteroatoms. The van der Waals surface area contributed by atoms with Crippen LogP contribution in [0.25, 0.3) is 11.0 Å². The number of aromatic nitrogens is 3. The number of imidazole rings is 1. The highest BCUT2D eigenvalue weighted by Crippen LogP contribution is 2.32. The summed E-state index contributed by atoms with van der Waals surface area (Å²) >= 11 is 0. The van der Waals surface area contributed by atoms with Crippen LogP contribution in [-0.2, 0) is 16.0 Å². The molecule has 2 fully saturated rings. The van der Waals surface area contributed by atoms with Gasteiger partial charge in [0.2, 0.25) is 12.2 Å².